The van der Waals surface area contributed by atoms with Gasteiger partial charge in [0, 0.05) is 13.0 Å². The van der Waals surface area contributed by atoms with Crippen LogP contribution in [0.1, 0.15) is 33.9 Å². The van der Waals surface area contributed by atoms with Crippen LogP contribution in [-0.2, 0) is 23.4 Å². The number of imidazole rings is 1. The molecule has 176 valence electrons. The summed E-state index contributed by atoms with van der Waals surface area (Å²) in [6.45, 7) is 6.63. The zero-order valence-electron chi connectivity index (χ0n) is 18.6. The van der Waals surface area contributed by atoms with Crippen molar-refractivity contribution in [2.45, 2.75) is 58.3 Å². The van der Waals surface area contributed by atoms with Gasteiger partial charge in [-0.1, -0.05) is 12.0 Å². The van der Waals surface area contributed by atoms with E-state index in [1.54, 1.807) is 31.8 Å². The monoisotopic (exact) mass is 470 g/mol. The Morgan fingerprint density at radius 2 is 2.12 bits per heavy atom. The highest BCUT2D eigenvalue weighted by molar-refractivity contribution is 7.36. The number of carbonyl (C=O) groups is 1. The molecule has 0 saturated carbocycles. The number of anilines is 2. The fraction of sp³-hybridized carbons (Fsp3) is 0.667. The first-order chi connectivity index (χ1) is 15.1. The van der Waals surface area contributed by atoms with Gasteiger partial charge in [0.25, 0.3) is 0 Å². The molecule has 1 aliphatic rings. The summed E-state index contributed by atoms with van der Waals surface area (Å²) >= 11 is 0. The van der Waals surface area contributed by atoms with Crippen molar-refractivity contribution in [3.05, 3.63) is 6.33 Å². The topological polar surface area (TPSA) is 176 Å². The number of hydrogen-bond acceptors (Lipinski definition) is 11. The number of nitrogen functional groups attached to an aromatic ring is 1. The second-order valence-corrected chi connectivity index (χ2v) is 8.84. The van der Waals surface area contributed by atoms with Gasteiger partial charge in [-0.25, -0.2) is 4.98 Å². The van der Waals surface area contributed by atoms with Gasteiger partial charge in [0.2, 0.25) is 5.95 Å². The highest BCUT2D eigenvalue weighted by atomic mass is 31.1. The van der Waals surface area contributed by atoms with Crippen molar-refractivity contribution in [2.24, 2.45) is 5.92 Å². The van der Waals surface area contributed by atoms with E-state index in [2.05, 4.69) is 25.4 Å². The van der Waals surface area contributed by atoms with Crippen LogP contribution in [0.4, 0.5) is 11.8 Å². The standard InChI is InChI=1S/C18H29N7O6P/c1-8(2)30-17(27)10(4)24-32(28)29-6-11-13(26)9(3)16(31-11)25-7-21-12-14(20-5)22-18(19)23-15(12)25/h7-11,13,16,26H,6H2,1-5H3,(H,24,28)(H3,19,20,22,23)/q+1/t9-,10+,11+,13-,16+/m0/s1. The maximum Gasteiger partial charge on any atom is 0.613 e. The Kier molecular flexibility index (Phi) is 7.57. The predicted octanol–water partition coefficient (Wildman–Crippen LogP) is 0.948. The SMILES string of the molecule is CNc1nc(N)nc2c1ncn2[C@@H]1O[C@H](CO[P+](=O)N[C@H](C)C(=O)OC(C)C)[C@@H](O)[C@@H]1C. The third kappa shape index (κ3) is 5.13. The first-order valence-corrected chi connectivity index (χ1v) is 11.4. The van der Waals surface area contributed by atoms with Gasteiger partial charge in [0.05, 0.1) is 18.5 Å². The molecule has 14 heteroatoms. The summed E-state index contributed by atoms with van der Waals surface area (Å²) in [5, 5.41) is 16.1. The van der Waals surface area contributed by atoms with Crippen LogP contribution in [0, 0.1) is 5.92 Å². The number of fused-ring (bicyclic) bond motifs is 1. The number of carbonyl (C=O) groups excluding carboxylic acids is 1. The number of rotatable bonds is 9. The number of aromatic nitrogens is 4. The van der Waals surface area contributed by atoms with Crippen molar-refractivity contribution in [1.29, 1.82) is 0 Å². The second kappa shape index (κ2) is 10.0. The van der Waals surface area contributed by atoms with Gasteiger partial charge in [-0.2, -0.15) is 9.97 Å². The molecule has 3 rings (SSSR count). The Bertz CT molecular complexity index is 986. The van der Waals surface area contributed by atoms with E-state index in [4.69, 9.17) is 19.7 Å². The number of esters is 1. The van der Waals surface area contributed by atoms with Crippen LogP contribution < -0.4 is 16.1 Å². The molecular formula is C18H29N7O6P+. The van der Waals surface area contributed by atoms with Gasteiger partial charge >= 0.3 is 14.1 Å². The molecule has 0 aromatic carbocycles. The minimum Gasteiger partial charge on any atom is -0.462 e. The van der Waals surface area contributed by atoms with Crippen LogP contribution >= 0.6 is 8.18 Å². The molecule has 3 heterocycles. The van der Waals surface area contributed by atoms with E-state index in [0.29, 0.717) is 17.0 Å². The summed E-state index contributed by atoms with van der Waals surface area (Å²) in [7, 11) is -0.683. The lowest BCUT2D eigenvalue weighted by Crippen LogP contribution is -2.33. The lowest BCUT2D eigenvalue weighted by Gasteiger charge is -2.17. The smallest absolute Gasteiger partial charge is 0.462 e. The molecule has 2 aromatic rings. The predicted molar refractivity (Wildman–Crippen MR) is 116 cm³/mol. The molecule has 1 unspecified atom stereocenters. The number of ether oxygens (including phenoxy) is 2. The van der Waals surface area contributed by atoms with Gasteiger partial charge in [0.15, 0.2) is 17.0 Å². The molecule has 1 aliphatic heterocycles. The Hall–Kier alpha value is -2.44. The first kappa shape index (κ1) is 24.2. The lowest BCUT2D eigenvalue weighted by atomic mass is 10.0. The zero-order chi connectivity index (χ0) is 23.6. The molecule has 1 fully saturated rings. The zero-order valence-corrected chi connectivity index (χ0v) is 19.4. The van der Waals surface area contributed by atoms with Crippen molar-refractivity contribution in [3.63, 3.8) is 0 Å². The summed E-state index contributed by atoms with van der Waals surface area (Å²) in [6.07, 6.45) is -0.995. The number of hydrogen-bond donors (Lipinski definition) is 4. The molecule has 0 spiro atoms. The average molecular weight is 470 g/mol. The van der Waals surface area contributed by atoms with E-state index >= 15 is 0 Å². The van der Waals surface area contributed by atoms with E-state index in [9.17, 15) is 14.5 Å². The number of nitrogens with zero attached hydrogens (tertiary/aromatic N) is 4. The molecule has 6 atom stereocenters. The van der Waals surface area contributed by atoms with E-state index < -0.39 is 38.6 Å². The molecule has 0 amide bonds. The van der Waals surface area contributed by atoms with E-state index in [1.165, 1.54) is 6.92 Å². The third-order valence-corrected chi connectivity index (χ3v) is 5.98. The number of nitrogens with two attached hydrogens (primary N) is 1. The highest BCUT2D eigenvalue weighted by Crippen LogP contribution is 2.37. The van der Waals surface area contributed by atoms with Crippen LogP contribution in [0.2, 0.25) is 0 Å². The van der Waals surface area contributed by atoms with E-state index in [1.807, 2.05) is 6.92 Å². The van der Waals surface area contributed by atoms with Crippen molar-refractivity contribution in [1.82, 2.24) is 24.6 Å². The normalized spacial score (nSPS) is 24.7. The summed E-state index contributed by atoms with van der Waals surface area (Å²) < 4.78 is 30.2. The molecule has 0 aliphatic carbocycles. The van der Waals surface area contributed by atoms with E-state index in [0.717, 1.165) is 0 Å². The van der Waals surface area contributed by atoms with Crippen LogP contribution in [-0.4, -0.2) is 68.6 Å². The van der Waals surface area contributed by atoms with Crippen molar-refractivity contribution in [2.75, 3.05) is 24.7 Å². The van der Waals surface area contributed by atoms with Gasteiger partial charge in [-0.15, -0.1) is 4.52 Å². The Balaban J connectivity index is 1.65. The molecule has 32 heavy (non-hydrogen) atoms. The summed E-state index contributed by atoms with van der Waals surface area (Å²) in [6, 6.07) is -0.814. The molecule has 1 saturated heterocycles. The fourth-order valence-corrected chi connectivity index (χ4v) is 4.14. The molecular weight excluding hydrogens is 441 g/mol. The van der Waals surface area contributed by atoms with Gasteiger partial charge < -0.3 is 25.6 Å². The summed E-state index contributed by atoms with van der Waals surface area (Å²) in [4.78, 5) is 24.5. The Labute approximate surface area is 186 Å². The molecule has 2 aromatic heterocycles. The molecule has 0 bridgehead atoms. The Morgan fingerprint density at radius 1 is 1.41 bits per heavy atom. The van der Waals surface area contributed by atoms with Crippen LogP contribution in [0.3, 0.4) is 0 Å². The molecule has 5 N–H and O–H groups in total. The quantitative estimate of drug-likeness (QED) is 0.302. The van der Waals surface area contributed by atoms with Gasteiger partial charge in [0.1, 0.15) is 25.0 Å². The molecule has 13 nitrogen and oxygen atoms in total. The first-order valence-electron chi connectivity index (χ1n) is 10.2. The fourth-order valence-electron chi connectivity index (χ4n) is 3.37. The lowest BCUT2D eigenvalue weighted by molar-refractivity contribution is -0.149. The largest absolute Gasteiger partial charge is 0.613 e. The molecule has 0 radical (unpaired) electrons. The second-order valence-electron chi connectivity index (χ2n) is 7.81. The maximum atomic E-state index is 12.2. The van der Waals surface area contributed by atoms with Crippen LogP contribution in [0.5, 0.6) is 0 Å². The van der Waals surface area contributed by atoms with Crippen molar-refractivity contribution < 1.29 is 28.5 Å². The Morgan fingerprint density at radius 3 is 2.78 bits per heavy atom. The minimum atomic E-state index is -2.38. The number of nitrogens with one attached hydrogen (secondary N) is 2. The van der Waals surface area contributed by atoms with Crippen molar-refractivity contribution >= 4 is 37.1 Å². The third-order valence-electron chi connectivity index (χ3n) is 4.99. The van der Waals surface area contributed by atoms with Gasteiger partial charge in [-0.05, 0) is 25.3 Å². The summed E-state index contributed by atoms with van der Waals surface area (Å²) in [5.74, 6) is -0.332. The number of aliphatic hydroxyl groups is 1. The summed E-state index contributed by atoms with van der Waals surface area (Å²) in [5.41, 5.74) is 6.77. The average Bonchev–Trinajstić information content (AvgIpc) is 3.26. The van der Waals surface area contributed by atoms with Crippen LogP contribution in [0.25, 0.3) is 11.2 Å². The van der Waals surface area contributed by atoms with Crippen molar-refractivity contribution in [3.8, 4) is 0 Å². The van der Waals surface area contributed by atoms with Crippen LogP contribution in [0.15, 0.2) is 6.33 Å². The maximum absolute atomic E-state index is 12.2. The highest BCUT2D eigenvalue weighted by Gasteiger charge is 2.44. The van der Waals surface area contributed by atoms with E-state index in [-0.39, 0.29) is 24.6 Å². The number of aliphatic hydroxyl groups excluding tert-OH is 1. The van der Waals surface area contributed by atoms with Gasteiger partial charge in [-0.3, -0.25) is 9.36 Å². The minimum absolute atomic E-state index is 0.0721.